The molecule has 0 bridgehead atoms. The second-order valence-electron chi connectivity index (χ2n) is 4.84. The number of halogens is 1. The monoisotopic (exact) mass is 316 g/mol. The van der Waals surface area contributed by atoms with Gasteiger partial charge in [-0.3, -0.25) is 4.99 Å². The molecule has 0 radical (unpaired) electrons. The molecule has 3 nitrogen and oxygen atoms in total. The zero-order valence-electron chi connectivity index (χ0n) is 12.5. The van der Waals surface area contributed by atoms with Crippen LogP contribution in [-0.4, -0.2) is 23.4 Å². The Morgan fingerprint density at radius 2 is 2.09 bits per heavy atom. The molecule has 1 aromatic heterocycles. The molecule has 0 aliphatic heterocycles. The van der Waals surface area contributed by atoms with Crippen molar-refractivity contribution >= 4 is 17.6 Å². The average molecular weight is 316 g/mol. The number of allylic oxidation sites excluding steroid dienone is 1. The summed E-state index contributed by atoms with van der Waals surface area (Å²) in [6.07, 6.45) is 6.54. The smallest absolute Gasteiger partial charge is 0.123 e. The largest absolute Gasteiger partial charge is 0.380 e. The quantitative estimate of drug-likeness (QED) is 0.670. The molecular formula is C17H17FN2OS. The Morgan fingerprint density at radius 1 is 1.41 bits per heavy atom. The van der Waals surface area contributed by atoms with E-state index in [1.807, 2.05) is 0 Å². The number of nitrogens with zero attached hydrogens (tertiary/aromatic N) is 2. The lowest BCUT2D eigenvalue weighted by atomic mass is 9.94. The molecule has 0 amide bonds. The third-order valence-corrected chi connectivity index (χ3v) is 4.52. The van der Waals surface area contributed by atoms with Gasteiger partial charge in [0.25, 0.3) is 0 Å². The summed E-state index contributed by atoms with van der Waals surface area (Å²) < 4.78 is 13.0. The van der Waals surface area contributed by atoms with Gasteiger partial charge in [0, 0.05) is 25.0 Å². The van der Waals surface area contributed by atoms with Crippen LogP contribution in [0, 0.1) is 5.82 Å². The van der Waals surface area contributed by atoms with Gasteiger partial charge in [0.05, 0.1) is 4.88 Å². The number of hydrogen-bond acceptors (Lipinski definition) is 4. The molecular weight excluding hydrogens is 299 g/mol. The van der Waals surface area contributed by atoms with Gasteiger partial charge in [-0.15, -0.1) is 11.3 Å². The fraction of sp³-hybridized carbons (Fsp3) is 0.176. The summed E-state index contributed by atoms with van der Waals surface area (Å²) in [4.78, 5) is 8.89. The minimum atomic E-state index is -1.21. The minimum absolute atomic E-state index is 0.289. The van der Waals surface area contributed by atoms with Crippen molar-refractivity contribution in [3.05, 3.63) is 65.5 Å². The summed E-state index contributed by atoms with van der Waals surface area (Å²) in [6.45, 7) is 5.42. The van der Waals surface area contributed by atoms with Crippen molar-refractivity contribution in [3.8, 4) is 10.6 Å². The Balaban J connectivity index is 2.37. The molecule has 1 atom stereocenters. The first kappa shape index (κ1) is 16.3. The van der Waals surface area contributed by atoms with E-state index >= 15 is 0 Å². The van der Waals surface area contributed by atoms with Gasteiger partial charge in [-0.05, 0) is 42.8 Å². The van der Waals surface area contributed by atoms with Crippen LogP contribution in [0.4, 0.5) is 4.39 Å². The maximum absolute atomic E-state index is 13.0. The molecule has 0 saturated carbocycles. The molecule has 22 heavy (non-hydrogen) atoms. The van der Waals surface area contributed by atoms with E-state index in [0.29, 0.717) is 10.5 Å². The normalized spacial score (nSPS) is 15.0. The van der Waals surface area contributed by atoms with Gasteiger partial charge in [0.15, 0.2) is 0 Å². The number of rotatable bonds is 5. The van der Waals surface area contributed by atoms with Crippen LogP contribution in [0.25, 0.3) is 10.6 Å². The van der Waals surface area contributed by atoms with Crippen molar-refractivity contribution in [3.63, 3.8) is 0 Å². The van der Waals surface area contributed by atoms with E-state index < -0.39 is 5.60 Å². The molecule has 114 valence electrons. The zero-order chi connectivity index (χ0) is 16.2. The molecule has 2 rings (SSSR count). The Kier molecular flexibility index (Phi) is 5.00. The molecule has 5 heteroatoms. The van der Waals surface area contributed by atoms with Crippen LogP contribution >= 0.6 is 11.3 Å². The van der Waals surface area contributed by atoms with Crippen molar-refractivity contribution in [2.75, 3.05) is 7.05 Å². The highest BCUT2D eigenvalue weighted by molar-refractivity contribution is 7.15. The van der Waals surface area contributed by atoms with Gasteiger partial charge in [-0.1, -0.05) is 12.7 Å². The van der Waals surface area contributed by atoms with Crippen LogP contribution in [-0.2, 0) is 5.60 Å². The Hall–Kier alpha value is -2.11. The highest BCUT2D eigenvalue weighted by Crippen LogP contribution is 2.36. The third kappa shape index (κ3) is 3.37. The lowest BCUT2D eigenvalue weighted by molar-refractivity contribution is 0.105. The van der Waals surface area contributed by atoms with Crippen LogP contribution in [0.2, 0.25) is 0 Å². The lowest BCUT2D eigenvalue weighted by Gasteiger charge is -2.22. The average Bonchev–Trinajstić information content (AvgIpc) is 2.99. The van der Waals surface area contributed by atoms with Crippen molar-refractivity contribution < 1.29 is 9.50 Å². The SMILES string of the molecule is C=C/C(=C\C=NC)C(C)(O)c1cnc(-c2ccc(F)cc2)s1. The third-order valence-electron chi connectivity index (χ3n) is 3.26. The van der Waals surface area contributed by atoms with Crippen molar-refractivity contribution in [2.24, 2.45) is 4.99 Å². The first-order valence-electron chi connectivity index (χ1n) is 6.69. The predicted molar refractivity (Wildman–Crippen MR) is 89.8 cm³/mol. The predicted octanol–water partition coefficient (Wildman–Crippen LogP) is 3.97. The highest BCUT2D eigenvalue weighted by Gasteiger charge is 2.28. The van der Waals surface area contributed by atoms with Gasteiger partial charge in [-0.2, -0.15) is 0 Å². The minimum Gasteiger partial charge on any atom is -0.380 e. The van der Waals surface area contributed by atoms with E-state index in [4.69, 9.17) is 0 Å². The molecule has 2 aromatic rings. The van der Waals surface area contributed by atoms with Gasteiger partial charge in [0.1, 0.15) is 16.4 Å². The van der Waals surface area contributed by atoms with Gasteiger partial charge < -0.3 is 5.11 Å². The molecule has 0 saturated heterocycles. The maximum atomic E-state index is 13.0. The zero-order valence-corrected chi connectivity index (χ0v) is 13.3. The highest BCUT2D eigenvalue weighted by atomic mass is 32.1. The molecule has 1 unspecified atom stereocenters. The Labute approximate surface area is 133 Å². The molecule has 1 aromatic carbocycles. The fourth-order valence-electron chi connectivity index (χ4n) is 1.95. The van der Waals surface area contributed by atoms with E-state index in [-0.39, 0.29) is 5.82 Å². The summed E-state index contributed by atoms with van der Waals surface area (Å²) in [5.41, 5.74) is 0.235. The van der Waals surface area contributed by atoms with Crippen LogP contribution < -0.4 is 0 Å². The number of thiazole rings is 1. The fourth-order valence-corrected chi connectivity index (χ4v) is 2.94. The van der Waals surface area contributed by atoms with Crippen molar-refractivity contribution in [1.29, 1.82) is 0 Å². The number of aliphatic imine (C=N–C) groups is 1. The van der Waals surface area contributed by atoms with Gasteiger partial charge >= 0.3 is 0 Å². The first-order valence-corrected chi connectivity index (χ1v) is 7.50. The Bertz CT molecular complexity index is 715. The molecule has 0 fully saturated rings. The van der Waals surface area contributed by atoms with E-state index in [2.05, 4.69) is 16.6 Å². The van der Waals surface area contributed by atoms with Crippen molar-refractivity contribution in [2.45, 2.75) is 12.5 Å². The first-order chi connectivity index (χ1) is 10.5. The van der Waals surface area contributed by atoms with Crippen LogP contribution in [0.3, 0.4) is 0 Å². The second kappa shape index (κ2) is 6.77. The van der Waals surface area contributed by atoms with Gasteiger partial charge in [-0.25, -0.2) is 9.37 Å². The van der Waals surface area contributed by atoms with Crippen LogP contribution in [0.1, 0.15) is 11.8 Å². The van der Waals surface area contributed by atoms with E-state index in [1.54, 1.807) is 50.7 Å². The summed E-state index contributed by atoms with van der Waals surface area (Å²) >= 11 is 1.36. The Morgan fingerprint density at radius 3 is 2.68 bits per heavy atom. The standard InChI is InChI=1S/C17H17FN2OS/c1-4-13(9-10-19-3)17(2,21)15-11-20-16(22-15)12-5-7-14(18)8-6-12/h4-11,21H,1H2,2-3H3/b13-9+,19-10?. The van der Waals surface area contributed by atoms with E-state index in [0.717, 1.165) is 10.6 Å². The molecule has 0 aliphatic rings. The maximum Gasteiger partial charge on any atom is 0.123 e. The number of benzene rings is 1. The van der Waals surface area contributed by atoms with E-state index in [1.165, 1.54) is 23.5 Å². The van der Waals surface area contributed by atoms with Gasteiger partial charge in [0.2, 0.25) is 0 Å². The topological polar surface area (TPSA) is 45.5 Å². The van der Waals surface area contributed by atoms with Crippen LogP contribution in [0.15, 0.2) is 59.8 Å². The second-order valence-corrected chi connectivity index (χ2v) is 5.87. The summed E-state index contributed by atoms with van der Waals surface area (Å²) in [7, 11) is 1.66. The number of aliphatic hydroxyl groups is 1. The summed E-state index contributed by atoms with van der Waals surface area (Å²) in [5.74, 6) is -0.289. The summed E-state index contributed by atoms with van der Waals surface area (Å²) in [5, 5.41) is 11.5. The van der Waals surface area contributed by atoms with Crippen molar-refractivity contribution in [1.82, 2.24) is 4.98 Å². The summed E-state index contributed by atoms with van der Waals surface area (Å²) in [6, 6.07) is 6.12. The molecule has 0 aliphatic carbocycles. The number of aromatic nitrogens is 1. The molecule has 1 N–H and O–H groups in total. The molecule has 1 heterocycles. The van der Waals surface area contributed by atoms with E-state index in [9.17, 15) is 9.50 Å². The van der Waals surface area contributed by atoms with Crippen LogP contribution in [0.5, 0.6) is 0 Å². The number of hydrogen-bond donors (Lipinski definition) is 1. The lowest BCUT2D eigenvalue weighted by Crippen LogP contribution is -2.21. The molecule has 0 spiro atoms.